The van der Waals surface area contributed by atoms with Crippen molar-refractivity contribution in [2.24, 2.45) is 5.73 Å². The maximum absolute atomic E-state index is 11.6. The number of hydrogen-bond acceptors (Lipinski definition) is 4. The van der Waals surface area contributed by atoms with Crippen molar-refractivity contribution >= 4 is 28.5 Å². The number of nitrogens with two attached hydrogens (primary N) is 1. The molecule has 1 atom stereocenters. The molecule has 1 saturated heterocycles. The lowest BCUT2D eigenvalue weighted by Crippen LogP contribution is -2.23. The van der Waals surface area contributed by atoms with Crippen LogP contribution in [0.15, 0.2) is 42.5 Å². The van der Waals surface area contributed by atoms with Crippen molar-refractivity contribution in [3.05, 3.63) is 59.4 Å². The molecular formula is C22H25N5O2. The summed E-state index contributed by atoms with van der Waals surface area (Å²) in [5.41, 5.74) is 9.52. The van der Waals surface area contributed by atoms with Crippen molar-refractivity contribution in [1.82, 2.24) is 14.9 Å². The minimum atomic E-state index is -0.453. The average Bonchev–Trinajstić information content (AvgIpc) is 3.33. The number of benzene rings is 2. The van der Waals surface area contributed by atoms with Crippen LogP contribution in [0.4, 0.5) is 5.69 Å². The Hall–Kier alpha value is -3.19. The van der Waals surface area contributed by atoms with Gasteiger partial charge in [-0.25, -0.2) is 4.98 Å². The third-order valence-electron chi connectivity index (χ3n) is 5.45. The number of nitrogens with zero attached hydrogens (tertiary/aromatic N) is 2. The molecule has 2 aromatic carbocycles. The Morgan fingerprint density at radius 2 is 2.03 bits per heavy atom. The Bertz CT molecular complexity index is 1040. The van der Waals surface area contributed by atoms with Gasteiger partial charge in [0.1, 0.15) is 11.3 Å². The van der Waals surface area contributed by atoms with Crippen molar-refractivity contribution < 1.29 is 9.59 Å². The molecule has 7 heteroatoms. The second-order valence-corrected chi connectivity index (χ2v) is 7.60. The second-order valence-electron chi connectivity index (χ2n) is 7.60. The van der Waals surface area contributed by atoms with Gasteiger partial charge in [0.15, 0.2) is 0 Å². The fourth-order valence-corrected chi connectivity index (χ4v) is 3.95. The zero-order chi connectivity index (χ0) is 20.4. The highest BCUT2D eigenvalue weighted by Gasteiger charge is 2.26. The summed E-state index contributed by atoms with van der Waals surface area (Å²) in [5, 5.41) is 2.79. The van der Waals surface area contributed by atoms with E-state index in [-0.39, 0.29) is 5.91 Å². The number of nitrogens with one attached hydrogen (secondary N) is 2. The number of amides is 2. The van der Waals surface area contributed by atoms with Crippen LogP contribution in [0.1, 0.15) is 41.0 Å². The predicted octanol–water partition coefficient (Wildman–Crippen LogP) is 2.65. The number of carbonyl (C=O) groups excluding carboxylic acids is 2. The van der Waals surface area contributed by atoms with Gasteiger partial charge in [-0.05, 0) is 49.2 Å². The minimum absolute atomic E-state index is 0.0607. The minimum Gasteiger partial charge on any atom is -0.366 e. The SMILES string of the molecule is CC(=O)Nc1ccc(CCN2CCC(c3nc4c(C(N)=O)cccc4[nH]3)C2)cc1. The third kappa shape index (κ3) is 4.30. The van der Waals surface area contributed by atoms with E-state index in [2.05, 4.69) is 32.3 Å². The van der Waals surface area contributed by atoms with Crippen LogP contribution in [0.5, 0.6) is 0 Å². The van der Waals surface area contributed by atoms with Gasteiger partial charge in [-0.1, -0.05) is 18.2 Å². The average molecular weight is 391 g/mol. The first-order chi connectivity index (χ1) is 14.0. The van der Waals surface area contributed by atoms with Crippen LogP contribution in [-0.2, 0) is 11.2 Å². The van der Waals surface area contributed by atoms with E-state index < -0.39 is 5.91 Å². The van der Waals surface area contributed by atoms with E-state index in [0.717, 1.165) is 49.5 Å². The Labute approximate surface area is 169 Å². The van der Waals surface area contributed by atoms with E-state index in [1.807, 2.05) is 24.3 Å². The molecule has 4 rings (SSSR count). The molecule has 2 heterocycles. The molecule has 1 aliphatic heterocycles. The molecule has 0 aliphatic carbocycles. The number of para-hydroxylation sites is 1. The van der Waals surface area contributed by atoms with E-state index >= 15 is 0 Å². The Morgan fingerprint density at radius 3 is 2.76 bits per heavy atom. The molecule has 1 fully saturated rings. The molecule has 7 nitrogen and oxygen atoms in total. The van der Waals surface area contributed by atoms with Crippen molar-refractivity contribution in [3.8, 4) is 0 Å². The molecule has 4 N–H and O–H groups in total. The van der Waals surface area contributed by atoms with E-state index in [0.29, 0.717) is 17.0 Å². The molecule has 150 valence electrons. The largest absolute Gasteiger partial charge is 0.366 e. The van der Waals surface area contributed by atoms with Gasteiger partial charge in [-0.2, -0.15) is 0 Å². The summed E-state index contributed by atoms with van der Waals surface area (Å²) in [7, 11) is 0. The maximum Gasteiger partial charge on any atom is 0.250 e. The molecule has 1 unspecified atom stereocenters. The quantitative estimate of drug-likeness (QED) is 0.601. The highest BCUT2D eigenvalue weighted by molar-refractivity contribution is 6.04. The zero-order valence-corrected chi connectivity index (χ0v) is 16.4. The van der Waals surface area contributed by atoms with Crippen LogP contribution < -0.4 is 11.1 Å². The lowest BCUT2D eigenvalue weighted by molar-refractivity contribution is -0.114. The molecule has 1 aromatic heterocycles. The number of hydrogen-bond donors (Lipinski definition) is 3. The van der Waals surface area contributed by atoms with Gasteiger partial charge in [0, 0.05) is 31.6 Å². The first-order valence-corrected chi connectivity index (χ1v) is 9.87. The van der Waals surface area contributed by atoms with Gasteiger partial charge >= 0.3 is 0 Å². The second kappa shape index (κ2) is 8.05. The number of primary amides is 1. The van der Waals surface area contributed by atoms with Crippen LogP contribution >= 0.6 is 0 Å². The molecule has 29 heavy (non-hydrogen) atoms. The van der Waals surface area contributed by atoms with Crippen molar-refractivity contribution in [1.29, 1.82) is 0 Å². The highest BCUT2D eigenvalue weighted by Crippen LogP contribution is 2.28. The van der Waals surface area contributed by atoms with Gasteiger partial charge in [-0.3, -0.25) is 9.59 Å². The first kappa shape index (κ1) is 19.1. The number of aromatic nitrogens is 2. The number of carbonyl (C=O) groups is 2. The maximum atomic E-state index is 11.6. The van der Waals surface area contributed by atoms with E-state index in [9.17, 15) is 9.59 Å². The lowest BCUT2D eigenvalue weighted by Gasteiger charge is -2.15. The van der Waals surface area contributed by atoms with Gasteiger partial charge in [0.05, 0.1) is 11.1 Å². The fourth-order valence-electron chi connectivity index (χ4n) is 3.95. The zero-order valence-electron chi connectivity index (χ0n) is 16.4. The molecular weight excluding hydrogens is 366 g/mol. The van der Waals surface area contributed by atoms with Crippen molar-refractivity contribution in [3.63, 3.8) is 0 Å². The van der Waals surface area contributed by atoms with Gasteiger partial charge in [0.25, 0.3) is 5.91 Å². The number of anilines is 1. The van der Waals surface area contributed by atoms with Crippen LogP contribution in [0.2, 0.25) is 0 Å². The molecule has 1 aliphatic rings. The standard InChI is InChI=1S/C22H25N5O2/c1-14(28)24-17-7-5-15(6-8-17)9-11-27-12-10-16(13-27)22-25-19-4-2-3-18(21(23)29)20(19)26-22/h2-8,16H,9-13H2,1H3,(H2,23,29)(H,24,28)(H,25,26). The Kier molecular flexibility index (Phi) is 5.31. The summed E-state index contributed by atoms with van der Waals surface area (Å²) < 4.78 is 0. The molecule has 2 amide bonds. The van der Waals surface area contributed by atoms with Crippen molar-refractivity contribution in [2.75, 3.05) is 25.0 Å². The number of fused-ring (bicyclic) bond motifs is 1. The summed E-state index contributed by atoms with van der Waals surface area (Å²) in [6.45, 7) is 4.45. The third-order valence-corrected chi connectivity index (χ3v) is 5.45. The normalized spacial score (nSPS) is 16.9. The predicted molar refractivity (Wildman–Crippen MR) is 113 cm³/mol. The van der Waals surface area contributed by atoms with Crippen LogP contribution in [0.3, 0.4) is 0 Å². The number of likely N-dealkylation sites (tertiary alicyclic amines) is 1. The van der Waals surface area contributed by atoms with Crippen LogP contribution in [0.25, 0.3) is 11.0 Å². The summed E-state index contributed by atoms with van der Waals surface area (Å²) >= 11 is 0. The molecule has 3 aromatic rings. The summed E-state index contributed by atoms with van der Waals surface area (Å²) in [6.07, 6.45) is 1.99. The van der Waals surface area contributed by atoms with Crippen molar-refractivity contribution in [2.45, 2.75) is 25.7 Å². The molecule has 0 bridgehead atoms. The smallest absolute Gasteiger partial charge is 0.250 e. The van der Waals surface area contributed by atoms with E-state index in [4.69, 9.17) is 5.73 Å². The van der Waals surface area contributed by atoms with Crippen LogP contribution in [0, 0.1) is 0 Å². The van der Waals surface area contributed by atoms with Gasteiger partial charge in [-0.15, -0.1) is 0 Å². The number of H-pyrrole nitrogens is 1. The fraction of sp³-hybridized carbons (Fsp3) is 0.318. The summed E-state index contributed by atoms with van der Waals surface area (Å²) in [5.74, 6) is 0.738. The number of aromatic amines is 1. The van der Waals surface area contributed by atoms with E-state index in [1.165, 1.54) is 12.5 Å². The highest BCUT2D eigenvalue weighted by atomic mass is 16.1. The molecule has 0 saturated carbocycles. The summed E-state index contributed by atoms with van der Waals surface area (Å²) in [4.78, 5) is 33.2. The van der Waals surface area contributed by atoms with Gasteiger partial charge in [0.2, 0.25) is 5.91 Å². The Morgan fingerprint density at radius 1 is 1.24 bits per heavy atom. The lowest BCUT2D eigenvalue weighted by atomic mass is 10.1. The topological polar surface area (TPSA) is 104 Å². The number of rotatable bonds is 6. The first-order valence-electron chi connectivity index (χ1n) is 9.87. The van der Waals surface area contributed by atoms with Gasteiger partial charge < -0.3 is 20.9 Å². The molecule has 0 spiro atoms. The van der Waals surface area contributed by atoms with Crippen LogP contribution in [-0.4, -0.2) is 46.3 Å². The molecule has 0 radical (unpaired) electrons. The summed E-state index contributed by atoms with van der Waals surface area (Å²) in [6, 6.07) is 13.5. The van der Waals surface area contributed by atoms with E-state index in [1.54, 1.807) is 6.07 Å². The monoisotopic (exact) mass is 391 g/mol. The number of imidazole rings is 1. The Balaban J connectivity index is 1.37.